The fraction of sp³-hybridized carbons (Fsp3) is 0.381. The third kappa shape index (κ3) is 2.82. The molecule has 3 aromatic rings. The zero-order chi connectivity index (χ0) is 19.3. The van der Waals surface area contributed by atoms with Crippen LogP contribution in [0.15, 0.2) is 49.1 Å². The van der Waals surface area contributed by atoms with E-state index in [1.165, 1.54) is 6.42 Å². The van der Waals surface area contributed by atoms with E-state index < -0.39 is 0 Å². The van der Waals surface area contributed by atoms with Crippen molar-refractivity contribution in [3.8, 4) is 28.6 Å². The number of rotatable bonds is 4. The van der Waals surface area contributed by atoms with Crippen LogP contribution in [0.3, 0.4) is 0 Å². The molecule has 1 aliphatic heterocycles. The maximum absolute atomic E-state index is 10.4. The summed E-state index contributed by atoms with van der Waals surface area (Å²) in [6.45, 7) is 3.38. The molecule has 0 radical (unpaired) electrons. The van der Waals surface area contributed by atoms with Crippen molar-refractivity contribution >= 4 is 0 Å². The number of phenolic OH excluding ortho intramolecular Hbond substituents is 1. The lowest BCUT2D eigenvalue weighted by Gasteiger charge is -2.35. The van der Waals surface area contributed by atoms with Gasteiger partial charge in [0.2, 0.25) is 5.88 Å². The SMILES string of the molecule is CN1CC2C[C@@]1(C)C[C@H]2Oc1ccc(-c2ccc(-n3ccnc3)cc2O)nn1. The van der Waals surface area contributed by atoms with Gasteiger partial charge in [-0.05, 0) is 38.6 Å². The fourth-order valence-corrected chi connectivity index (χ4v) is 4.57. The van der Waals surface area contributed by atoms with Crippen molar-refractivity contribution in [1.29, 1.82) is 0 Å². The summed E-state index contributed by atoms with van der Waals surface area (Å²) in [5, 5.41) is 18.9. The maximum Gasteiger partial charge on any atom is 0.233 e. The van der Waals surface area contributed by atoms with Gasteiger partial charge >= 0.3 is 0 Å². The summed E-state index contributed by atoms with van der Waals surface area (Å²) >= 11 is 0. The molecule has 1 saturated carbocycles. The maximum atomic E-state index is 10.4. The van der Waals surface area contributed by atoms with Gasteiger partial charge < -0.3 is 19.3 Å². The highest BCUT2D eigenvalue weighted by Gasteiger charge is 2.52. The Labute approximate surface area is 163 Å². The smallest absolute Gasteiger partial charge is 0.233 e. The monoisotopic (exact) mass is 377 g/mol. The molecule has 2 aromatic heterocycles. The van der Waals surface area contributed by atoms with Crippen LogP contribution in [0, 0.1) is 5.92 Å². The number of ether oxygens (including phenoxy) is 1. The zero-order valence-corrected chi connectivity index (χ0v) is 16.0. The first-order valence-electron chi connectivity index (χ1n) is 9.55. The molecule has 1 aliphatic carbocycles. The molecule has 28 heavy (non-hydrogen) atoms. The van der Waals surface area contributed by atoms with Gasteiger partial charge in [-0.2, -0.15) is 0 Å². The topological polar surface area (TPSA) is 76.3 Å². The molecule has 5 rings (SSSR count). The molecule has 1 aromatic carbocycles. The lowest BCUT2D eigenvalue weighted by atomic mass is 10.00. The molecular formula is C21H23N5O2. The van der Waals surface area contributed by atoms with E-state index in [1.54, 1.807) is 18.6 Å². The molecule has 2 fully saturated rings. The second-order valence-corrected chi connectivity index (χ2v) is 8.13. The Morgan fingerprint density at radius 1 is 1.18 bits per heavy atom. The fourth-order valence-electron chi connectivity index (χ4n) is 4.57. The van der Waals surface area contributed by atoms with E-state index in [0.717, 1.165) is 18.7 Å². The van der Waals surface area contributed by atoms with Crippen molar-refractivity contribution < 1.29 is 9.84 Å². The number of likely N-dealkylation sites (tertiary alicyclic amines) is 1. The molecule has 0 amide bonds. The summed E-state index contributed by atoms with van der Waals surface area (Å²) in [4.78, 5) is 6.46. The highest BCUT2D eigenvalue weighted by atomic mass is 16.5. The number of piperidine rings is 1. The van der Waals surface area contributed by atoms with E-state index in [1.807, 2.05) is 35.0 Å². The molecule has 2 bridgehead atoms. The van der Waals surface area contributed by atoms with Gasteiger partial charge in [0, 0.05) is 54.5 Å². The summed E-state index contributed by atoms with van der Waals surface area (Å²) in [5.74, 6) is 1.25. The predicted molar refractivity (Wildman–Crippen MR) is 104 cm³/mol. The van der Waals surface area contributed by atoms with Crippen molar-refractivity contribution in [3.63, 3.8) is 0 Å². The number of aromatic hydroxyl groups is 1. The number of imidazole rings is 1. The largest absolute Gasteiger partial charge is 0.507 e. The van der Waals surface area contributed by atoms with Crippen molar-refractivity contribution in [2.45, 2.75) is 31.4 Å². The number of hydrogen-bond donors (Lipinski definition) is 1. The van der Waals surface area contributed by atoms with E-state index in [-0.39, 0.29) is 17.4 Å². The van der Waals surface area contributed by atoms with Gasteiger partial charge in [0.1, 0.15) is 11.9 Å². The van der Waals surface area contributed by atoms with Crippen molar-refractivity contribution in [1.82, 2.24) is 24.6 Å². The lowest BCUT2D eigenvalue weighted by molar-refractivity contribution is 0.0690. The van der Waals surface area contributed by atoms with Crippen molar-refractivity contribution in [2.24, 2.45) is 5.92 Å². The first-order chi connectivity index (χ1) is 13.5. The second kappa shape index (κ2) is 6.31. The summed E-state index contributed by atoms with van der Waals surface area (Å²) in [5.41, 5.74) is 2.32. The molecule has 3 heterocycles. The Bertz CT molecular complexity index is 989. The Morgan fingerprint density at radius 3 is 2.68 bits per heavy atom. The molecule has 1 unspecified atom stereocenters. The second-order valence-electron chi connectivity index (χ2n) is 8.13. The van der Waals surface area contributed by atoms with Gasteiger partial charge in [0.05, 0.1) is 17.7 Å². The van der Waals surface area contributed by atoms with Gasteiger partial charge in [0.25, 0.3) is 0 Å². The van der Waals surface area contributed by atoms with Crippen LogP contribution in [0.4, 0.5) is 0 Å². The van der Waals surface area contributed by atoms with Crippen LogP contribution >= 0.6 is 0 Å². The molecule has 0 spiro atoms. The number of hydrogen-bond acceptors (Lipinski definition) is 6. The van der Waals surface area contributed by atoms with Crippen LogP contribution in [0.2, 0.25) is 0 Å². The quantitative estimate of drug-likeness (QED) is 0.753. The van der Waals surface area contributed by atoms with Crippen LogP contribution in [0.5, 0.6) is 11.6 Å². The van der Waals surface area contributed by atoms with Gasteiger partial charge in [-0.25, -0.2) is 4.98 Å². The standard InChI is InChI=1S/C21H23N5O2/c1-21-10-14(12-25(21)2)19(11-21)28-20-6-5-17(23-24-20)16-4-3-15(9-18(16)27)26-8-7-22-13-26/h3-9,13-14,19,27H,10-12H2,1-2H3/t14?,19-,21+/m1/s1. The first kappa shape index (κ1) is 17.2. The van der Waals surface area contributed by atoms with E-state index in [9.17, 15) is 5.11 Å². The number of fused-ring (bicyclic) bond motifs is 2. The average Bonchev–Trinajstić information content (AvgIpc) is 3.38. The van der Waals surface area contributed by atoms with Crippen LogP contribution in [-0.2, 0) is 0 Å². The summed E-state index contributed by atoms with van der Waals surface area (Å²) in [7, 11) is 2.19. The van der Waals surface area contributed by atoms with Crippen LogP contribution in [0.1, 0.15) is 19.8 Å². The molecule has 144 valence electrons. The number of phenols is 1. The predicted octanol–water partition coefficient (Wildman–Crippen LogP) is 2.90. The molecule has 1 N–H and O–H groups in total. The Hall–Kier alpha value is -2.93. The van der Waals surface area contributed by atoms with E-state index >= 15 is 0 Å². The van der Waals surface area contributed by atoms with Gasteiger partial charge in [0.15, 0.2) is 0 Å². The van der Waals surface area contributed by atoms with Gasteiger partial charge in [-0.15, -0.1) is 10.2 Å². The molecular weight excluding hydrogens is 354 g/mol. The minimum atomic E-state index is 0.151. The van der Waals surface area contributed by atoms with Crippen molar-refractivity contribution in [2.75, 3.05) is 13.6 Å². The van der Waals surface area contributed by atoms with Gasteiger partial charge in [-0.3, -0.25) is 0 Å². The van der Waals surface area contributed by atoms with Crippen LogP contribution in [0.25, 0.3) is 16.9 Å². The van der Waals surface area contributed by atoms with E-state index in [2.05, 4.69) is 34.1 Å². The Balaban J connectivity index is 1.32. The van der Waals surface area contributed by atoms with Gasteiger partial charge in [-0.1, -0.05) is 0 Å². The summed E-state index contributed by atoms with van der Waals surface area (Å²) < 4.78 is 7.97. The molecule has 2 aliphatic rings. The normalized spacial score (nSPS) is 26.6. The molecule has 3 atom stereocenters. The van der Waals surface area contributed by atoms with Crippen molar-refractivity contribution in [3.05, 3.63) is 49.1 Å². The average molecular weight is 377 g/mol. The molecule has 7 heteroatoms. The van der Waals surface area contributed by atoms with Crippen LogP contribution < -0.4 is 4.74 Å². The third-order valence-electron chi connectivity index (χ3n) is 6.27. The number of benzene rings is 1. The highest BCUT2D eigenvalue weighted by molar-refractivity contribution is 5.68. The lowest BCUT2D eigenvalue weighted by Crippen LogP contribution is -2.44. The van der Waals surface area contributed by atoms with E-state index in [4.69, 9.17) is 4.74 Å². The first-order valence-corrected chi connectivity index (χ1v) is 9.55. The van der Waals surface area contributed by atoms with E-state index in [0.29, 0.717) is 23.1 Å². The zero-order valence-electron chi connectivity index (χ0n) is 16.0. The highest BCUT2D eigenvalue weighted by Crippen LogP contribution is 2.46. The molecule has 1 saturated heterocycles. The molecule has 7 nitrogen and oxygen atoms in total. The minimum Gasteiger partial charge on any atom is -0.507 e. The Kier molecular flexibility index (Phi) is 3.87. The summed E-state index contributed by atoms with van der Waals surface area (Å²) in [6.07, 6.45) is 7.61. The Morgan fingerprint density at radius 2 is 2.07 bits per heavy atom. The minimum absolute atomic E-state index is 0.151. The number of aromatic nitrogens is 4. The van der Waals surface area contributed by atoms with Crippen LogP contribution in [-0.4, -0.2) is 55.0 Å². The third-order valence-corrected chi connectivity index (χ3v) is 6.27. The number of nitrogens with zero attached hydrogens (tertiary/aromatic N) is 5. The summed E-state index contributed by atoms with van der Waals surface area (Å²) in [6, 6.07) is 9.12.